The lowest BCUT2D eigenvalue weighted by molar-refractivity contribution is 0.196. The molecule has 5 nitrogen and oxygen atoms in total. The van der Waals surface area contributed by atoms with Crippen LogP contribution in [-0.4, -0.2) is 52.4 Å². The Morgan fingerprint density at radius 1 is 1.27 bits per heavy atom. The maximum absolute atomic E-state index is 11.9. The summed E-state index contributed by atoms with van der Waals surface area (Å²) in [5, 5.41) is 2.77. The number of carbonyl (C=O) groups excluding carboxylic acids is 1. The first-order valence-electron chi connectivity index (χ1n) is 7.36. The van der Waals surface area contributed by atoms with E-state index in [1.807, 2.05) is 51.1 Å². The second kappa shape index (κ2) is 8.78. The van der Waals surface area contributed by atoms with Crippen molar-refractivity contribution in [2.24, 2.45) is 0 Å². The van der Waals surface area contributed by atoms with Crippen molar-refractivity contribution in [1.29, 1.82) is 0 Å². The third-order valence-corrected chi connectivity index (χ3v) is 4.97. The zero-order valence-electron chi connectivity index (χ0n) is 13.8. The lowest BCUT2D eigenvalue weighted by Gasteiger charge is -2.20. The van der Waals surface area contributed by atoms with Crippen LogP contribution in [-0.2, 0) is 10.8 Å². The van der Waals surface area contributed by atoms with Crippen LogP contribution in [0.4, 0.5) is 4.79 Å². The van der Waals surface area contributed by atoms with Gasteiger partial charge in [0.2, 0.25) is 0 Å². The monoisotopic (exact) mass is 326 g/mol. The summed E-state index contributed by atoms with van der Waals surface area (Å²) in [6, 6.07) is 9.31. The standard InChI is InChI=1S/C16H26N2O3S/c1-16(2,3)22(20)13-10-17-15(19)18(4)11-12-21-14-8-6-5-7-9-14/h5-9H,10-13H2,1-4H3,(H,17,19)/t22-/m1/s1. The van der Waals surface area contributed by atoms with E-state index in [4.69, 9.17) is 4.74 Å². The Morgan fingerprint density at radius 3 is 2.50 bits per heavy atom. The Hall–Kier alpha value is -1.56. The summed E-state index contributed by atoms with van der Waals surface area (Å²) in [5.41, 5.74) is 0. The van der Waals surface area contributed by atoms with Crippen LogP contribution >= 0.6 is 0 Å². The van der Waals surface area contributed by atoms with Gasteiger partial charge >= 0.3 is 6.03 Å². The van der Waals surface area contributed by atoms with E-state index in [2.05, 4.69) is 5.32 Å². The maximum Gasteiger partial charge on any atom is 0.317 e. The molecular formula is C16H26N2O3S. The van der Waals surface area contributed by atoms with Gasteiger partial charge in [0.15, 0.2) is 0 Å². The Morgan fingerprint density at radius 2 is 1.91 bits per heavy atom. The third kappa shape index (κ3) is 6.93. The predicted octanol–water partition coefficient (Wildman–Crippen LogP) is 2.25. The summed E-state index contributed by atoms with van der Waals surface area (Å²) in [6.07, 6.45) is 0. The summed E-state index contributed by atoms with van der Waals surface area (Å²) >= 11 is 0. The quantitative estimate of drug-likeness (QED) is 0.836. The predicted molar refractivity (Wildman–Crippen MR) is 90.7 cm³/mol. The summed E-state index contributed by atoms with van der Waals surface area (Å²) in [7, 11) is 0.758. The number of benzene rings is 1. The SMILES string of the molecule is CN(CCOc1ccccc1)C(=O)NCC[S@@](=O)C(C)(C)C. The van der Waals surface area contributed by atoms with Gasteiger partial charge in [0, 0.05) is 34.9 Å². The Kier molecular flexibility index (Phi) is 7.38. The average Bonchev–Trinajstić information content (AvgIpc) is 2.47. The molecule has 0 aromatic heterocycles. The van der Waals surface area contributed by atoms with Crippen LogP contribution in [0.2, 0.25) is 0 Å². The van der Waals surface area contributed by atoms with E-state index in [0.717, 1.165) is 5.75 Å². The van der Waals surface area contributed by atoms with Crippen molar-refractivity contribution < 1.29 is 13.7 Å². The molecule has 0 aliphatic heterocycles. The van der Waals surface area contributed by atoms with Crippen molar-refractivity contribution in [1.82, 2.24) is 10.2 Å². The highest BCUT2D eigenvalue weighted by Gasteiger charge is 2.19. The number of likely N-dealkylation sites (N-methyl/N-ethyl adjacent to an activating group) is 1. The van der Waals surface area contributed by atoms with Gasteiger partial charge in [0.1, 0.15) is 12.4 Å². The van der Waals surface area contributed by atoms with Gasteiger partial charge in [-0.3, -0.25) is 4.21 Å². The van der Waals surface area contributed by atoms with Gasteiger partial charge in [-0.2, -0.15) is 0 Å². The van der Waals surface area contributed by atoms with Crippen molar-refractivity contribution >= 4 is 16.8 Å². The Labute approximate surface area is 135 Å². The zero-order valence-corrected chi connectivity index (χ0v) is 14.6. The molecule has 0 fully saturated rings. The van der Waals surface area contributed by atoms with Crippen LogP contribution in [0, 0.1) is 0 Å². The number of rotatable bonds is 7. The summed E-state index contributed by atoms with van der Waals surface area (Å²) in [6.45, 7) is 7.12. The van der Waals surface area contributed by atoms with E-state index in [9.17, 15) is 9.00 Å². The molecule has 0 aliphatic rings. The first-order valence-corrected chi connectivity index (χ1v) is 8.68. The van der Waals surface area contributed by atoms with Crippen LogP contribution in [0.15, 0.2) is 30.3 Å². The molecule has 0 bridgehead atoms. The molecule has 1 aromatic rings. The van der Waals surface area contributed by atoms with E-state index in [1.165, 1.54) is 0 Å². The fraction of sp³-hybridized carbons (Fsp3) is 0.562. The van der Waals surface area contributed by atoms with Crippen molar-refractivity contribution in [2.45, 2.75) is 25.5 Å². The van der Waals surface area contributed by atoms with Gasteiger partial charge in [0.05, 0.1) is 6.54 Å². The van der Waals surface area contributed by atoms with Gasteiger partial charge in [0.25, 0.3) is 0 Å². The number of carbonyl (C=O) groups is 1. The number of hydrogen-bond donors (Lipinski definition) is 1. The molecule has 0 unspecified atom stereocenters. The molecule has 0 aliphatic carbocycles. The number of hydrogen-bond acceptors (Lipinski definition) is 3. The van der Waals surface area contributed by atoms with Crippen molar-refractivity contribution in [3.63, 3.8) is 0 Å². The second-order valence-electron chi connectivity index (χ2n) is 5.98. The third-order valence-electron chi connectivity index (χ3n) is 3.03. The molecule has 1 rings (SSSR count). The highest BCUT2D eigenvalue weighted by Crippen LogP contribution is 2.10. The summed E-state index contributed by atoms with van der Waals surface area (Å²) in [5.74, 6) is 1.25. The van der Waals surface area contributed by atoms with Crippen molar-refractivity contribution in [3.05, 3.63) is 30.3 Å². The van der Waals surface area contributed by atoms with E-state index in [0.29, 0.717) is 25.4 Å². The molecule has 1 atom stereocenters. The fourth-order valence-corrected chi connectivity index (χ4v) is 2.51. The highest BCUT2D eigenvalue weighted by molar-refractivity contribution is 7.86. The number of nitrogens with zero attached hydrogens (tertiary/aromatic N) is 1. The van der Waals surface area contributed by atoms with E-state index in [-0.39, 0.29) is 10.8 Å². The second-order valence-corrected chi connectivity index (χ2v) is 8.30. The number of para-hydroxylation sites is 1. The van der Waals surface area contributed by atoms with Crippen molar-refractivity contribution in [2.75, 3.05) is 32.5 Å². The van der Waals surface area contributed by atoms with Gasteiger partial charge in [-0.25, -0.2) is 4.79 Å². The maximum atomic E-state index is 11.9. The lowest BCUT2D eigenvalue weighted by atomic mass is 10.3. The molecule has 0 radical (unpaired) electrons. The molecule has 0 saturated heterocycles. The van der Waals surface area contributed by atoms with Crippen LogP contribution in [0.5, 0.6) is 5.75 Å². The molecule has 0 spiro atoms. The minimum Gasteiger partial charge on any atom is -0.492 e. The average molecular weight is 326 g/mol. The van der Waals surface area contributed by atoms with E-state index < -0.39 is 10.8 Å². The van der Waals surface area contributed by atoms with E-state index in [1.54, 1.807) is 11.9 Å². The molecule has 1 N–H and O–H groups in total. The minimum absolute atomic E-state index is 0.178. The molecule has 0 heterocycles. The Bertz CT molecular complexity index is 486. The fourth-order valence-electron chi connectivity index (χ4n) is 1.61. The topological polar surface area (TPSA) is 58.6 Å². The molecule has 0 saturated carbocycles. The first kappa shape index (κ1) is 18.5. The zero-order chi connectivity index (χ0) is 16.6. The number of urea groups is 1. The van der Waals surface area contributed by atoms with E-state index >= 15 is 0 Å². The Balaban J connectivity index is 2.21. The summed E-state index contributed by atoms with van der Waals surface area (Å²) < 4.78 is 17.2. The number of amides is 2. The molecule has 1 aromatic carbocycles. The van der Waals surface area contributed by atoms with Gasteiger partial charge in [-0.1, -0.05) is 18.2 Å². The smallest absolute Gasteiger partial charge is 0.317 e. The van der Waals surface area contributed by atoms with Crippen LogP contribution in [0.25, 0.3) is 0 Å². The number of nitrogens with one attached hydrogen (secondary N) is 1. The van der Waals surface area contributed by atoms with Crippen LogP contribution in [0.3, 0.4) is 0 Å². The summed E-state index contributed by atoms with van der Waals surface area (Å²) in [4.78, 5) is 13.4. The van der Waals surface area contributed by atoms with Gasteiger partial charge in [-0.15, -0.1) is 0 Å². The van der Waals surface area contributed by atoms with Gasteiger partial charge < -0.3 is 15.0 Å². The molecule has 124 valence electrons. The van der Waals surface area contributed by atoms with Crippen LogP contribution in [0.1, 0.15) is 20.8 Å². The highest BCUT2D eigenvalue weighted by atomic mass is 32.2. The molecule has 2 amide bonds. The van der Waals surface area contributed by atoms with Crippen LogP contribution < -0.4 is 10.1 Å². The van der Waals surface area contributed by atoms with Crippen molar-refractivity contribution in [3.8, 4) is 5.75 Å². The first-order chi connectivity index (χ1) is 10.3. The molecule has 22 heavy (non-hydrogen) atoms. The lowest BCUT2D eigenvalue weighted by Crippen LogP contribution is -2.41. The molecule has 6 heteroatoms. The minimum atomic E-state index is -0.955. The number of ether oxygens (including phenoxy) is 1. The largest absolute Gasteiger partial charge is 0.492 e. The normalized spacial score (nSPS) is 12.5. The molecular weight excluding hydrogens is 300 g/mol. The van der Waals surface area contributed by atoms with Gasteiger partial charge in [-0.05, 0) is 32.9 Å².